The maximum absolute atomic E-state index is 12.4. The van der Waals surface area contributed by atoms with Crippen molar-refractivity contribution in [2.75, 3.05) is 0 Å². The van der Waals surface area contributed by atoms with Crippen LogP contribution in [0.1, 0.15) is 73.2 Å². The Hall–Kier alpha value is -3.54. The third kappa shape index (κ3) is 6.25. The van der Waals surface area contributed by atoms with Gasteiger partial charge in [0.15, 0.2) is 17.2 Å². The first kappa shape index (κ1) is 24.1. The Balaban J connectivity index is 1.75. The molecule has 0 amide bonds. The number of carbonyl (C=O) groups excluding carboxylic acids is 1. The van der Waals surface area contributed by atoms with E-state index >= 15 is 0 Å². The normalized spacial score (nSPS) is 11.4. The lowest BCUT2D eigenvalue weighted by molar-refractivity contribution is -0.137. The first-order chi connectivity index (χ1) is 15.5. The maximum atomic E-state index is 12.4. The predicted molar refractivity (Wildman–Crippen MR) is 128 cm³/mol. The number of carbonyl (C=O) groups is 2. The van der Waals surface area contributed by atoms with Gasteiger partial charge in [-0.05, 0) is 41.0 Å². The van der Waals surface area contributed by atoms with Crippen molar-refractivity contribution in [3.63, 3.8) is 0 Å². The molecule has 6 heteroatoms. The van der Waals surface area contributed by atoms with Crippen LogP contribution in [0.15, 0.2) is 48.5 Å². The molecule has 0 aliphatic heterocycles. The molecule has 0 unspecified atom stereocenters. The van der Waals surface area contributed by atoms with Crippen molar-refractivity contribution >= 4 is 11.8 Å². The zero-order valence-corrected chi connectivity index (χ0v) is 19.6. The predicted octanol–water partition coefficient (Wildman–Crippen LogP) is 5.48. The van der Waals surface area contributed by atoms with E-state index in [0.717, 1.165) is 16.7 Å². The molecule has 0 aliphatic rings. The van der Waals surface area contributed by atoms with Crippen molar-refractivity contribution in [2.45, 2.75) is 58.8 Å². The number of aromatic nitrogens is 2. The van der Waals surface area contributed by atoms with Crippen LogP contribution in [0.2, 0.25) is 0 Å². The molecule has 3 aromatic rings. The van der Waals surface area contributed by atoms with Gasteiger partial charge in [0, 0.05) is 19.3 Å². The van der Waals surface area contributed by atoms with Crippen molar-refractivity contribution in [2.24, 2.45) is 0 Å². The molecule has 0 spiro atoms. The van der Waals surface area contributed by atoms with Crippen molar-refractivity contribution in [1.29, 1.82) is 0 Å². The van der Waals surface area contributed by atoms with E-state index in [9.17, 15) is 14.7 Å². The summed E-state index contributed by atoms with van der Waals surface area (Å²) in [6, 6.07) is 16.7. The zero-order chi connectivity index (χ0) is 24.2. The van der Waals surface area contributed by atoms with Crippen molar-refractivity contribution in [1.82, 2.24) is 9.97 Å². The second kappa shape index (κ2) is 9.94. The second-order valence-electron chi connectivity index (χ2n) is 9.29. The van der Waals surface area contributed by atoms with Crippen molar-refractivity contribution in [3.8, 4) is 16.9 Å². The largest absolute Gasteiger partial charge is 0.504 e. The smallest absolute Gasteiger partial charge is 0.303 e. The Morgan fingerprint density at radius 3 is 2.00 bits per heavy atom. The summed E-state index contributed by atoms with van der Waals surface area (Å²) in [6.45, 7) is 8.20. The number of benzene rings is 2. The fourth-order valence-electron chi connectivity index (χ4n) is 3.58. The molecule has 0 fully saturated rings. The van der Waals surface area contributed by atoms with Crippen molar-refractivity contribution in [3.05, 3.63) is 76.9 Å². The van der Waals surface area contributed by atoms with Crippen LogP contribution in [-0.4, -0.2) is 31.9 Å². The van der Waals surface area contributed by atoms with E-state index in [0.29, 0.717) is 17.9 Å². The molecule has 3 rings (SSSR count). The maximum Gasteiger partial charge on any atom is 0.303 e. The molecule has 0 radical (unpaired) electrons. The highest BCUT2D eigenvalue weighted by Gasteiger charge is 2.18. The molecule has 0 bridgehead atoms. The number of carboxylic acids is 1. The highest BCUT2D eigenvalue weighted by atomic mass is 16.4. The lowest BCUT2D eigenvalue weighted by Gasteiger charge is -2.19. The third-order valence-corrected chi connectivity index (χ3v) is 5.56. The molecule has 1 aromatic heterocycles. The van der Waals surface area contributed by atoms with Gasteiger partial charge in [0.2, 0.25) is 0 Å². The molecular weight excluding hydrogens is 416 g/mol. The average molecular weight is 447 g/mol. The molecule has 172 valence electrons. The number of carboxylic acid groups (broad SMARTS) is 1. The molecular formula is C27H30N2O4. The summed E-state index contributed by atoms with van der Waals surface area (Å²) in [7, 11) is 0. The average Bonchev–Trinajstić information content (AvgIpc) is 2.76. The molecule has 1 heterocycles. The van der Waals surface area contributed by atoms with Crippen LogP contribution >= 0.6 is 0 Å². The fraction of sp³-hybridized carbons (Fsp3) is 0.333. The molecule has 0 saturated carbocycles. The van der Waals surface area contributed by atoms with Gasteiger partial charge < -0.3 is 10.2 Å². The van der Waals surface area contributed by atoms with E-state index in [4.69, 9.17) is 5.11 Å². The molecule has 33 heavy (non-hydrogen) atoms. The van der Waals surface area contributed by atoms with Gasteiger partial charge in [-0.2, -0.15) is 0 Å². The van der Waals surface area contributed by atoms with E-state index < -0.39 is 5.97 Å². The number of Topliss-reactive ketones (excluding diaryl/α,β-unsaturated/α-hetero) is 1. The Bertz CT molecular complexity index is 1140. The van der Waals surface area contributed by atoms with Gasteiger partial charge in [-0.15, -0.1) is 0 Å². The Morgan fingerprint density at radius 1 is 0.879 bits per heavy atom. The quantitative estimate of drug-likeness (QED) is 0.444. The van der Waals surface area contributed by atoms with Gasteiger partial charge in [-0.25, -0.2) is 9.97 Å². The number of hydrogen-bond donors (Lipinski definition) is 2. The highest BCUT2D eigenvalue weighted by Crippen LogP contribution is 2.27. The van der Waals surface area contributed by atoms with E-state index in [2.05, 4.69) is 55.0 Å². The number of rotatable bonds is 8. The van der Waals surface area contributed by atoms with Crippen LogP contribution in [0.4, 0.5) is 0 Å². The third-order valence-electron chi connectivity index (χ3n) is 5.56. The van der Waals surface area contributed by atoms with E-state index in [1.807, 2.05) is 24.3 Å². The first-order valence-corrected chi connectivity index (χ1v) is 11.1. The number of aromatic hydroxyl groups is 1. The minimum atomic E-state index is -0.958. The highest BCUT2D eigenvalue weighted by molar-refractivity contribution is 5.97. The van der Waals surface area contributed by atoms with Crippen LogP contribution in [-0.2, 0) is 16.6 Å². The minimum absolute atomic E-state index is 0.0124. The van der Waals surface area contributed by atoms with Gasteiger partial charge in [0.1, 0.15) is 5.82 Å². The molecule has 6 nitrogen and oxygen atoms in total. The number of ketones is 1. The monoisotopic (exact) mass is 446 g/mol. The van der Waals surface area contributed by atoms with Gasteiger partial charge in [-0.1, -0.05) is 69.3 Å². The summed E-state index contributed by atoms with van der Waals surface area (Å²) >= 11 is 0. The molecule has 0 atom stereocenters. The topological polar surface area (TPSA) is 100 Å². The van der Waals surface area contributed by atoms with E-state index in [-0.39, 0.29) is 41.9 Å². The van der Waals surface area contributed by atoms with Crippen LogP contribution in [0.3, 0.4) is 0 Å². The molecule has 2 N–H and O–H groups in total. The lowest BCUT2D eigenvalue weighted by Crippen LogP contribution is -2.10. The summed E-state index contributed by atoms with van der Waals surface area (Å²) in [6.07, 6.45) is 0.525. The summed E-state index contributed by atoms with van der Waals surface area (Å²) in [5.41, 5.74) is 4.92. The van der Waals surface area contributed by atoms with Crippen LogP contribution in [0, 0.1) is 6.92 Å². The second-order valence-corrected chi connectivity index (χ2v) is 9.29. The Kier molecular flexibility index (Phi) is 7.26. The number of aliphatic carboxylic acids is 1. The number of nitrogens with zero attached hydrogens (tertiary/aromatic N) is 2. The number of aryl methyl sites for hydroxylation is 1. The van der Waals surface area contributed by atoms with Crippen LogP contribution in [0.5, 0.6) is 5.75 Å². The molecule has 2 aromatic carbocycles. The summed E-state index contributed by atoms with van der Waals surface area (Å²) < 4.78 is 0. The lowest BCUT2D eigenvalue weighted by atomic mass is 9.86. The summed E-state index contributed by atoms with van der Waals surface area (Å²) in [5.74, 6) is -1.14. The SMILES string of the molecule is Cc1nc(Cc2ccc(-c3ccc(C(C)(C)C)cc3)cc2)nc(C(=O)CCCC(=O)O)c1O. The van der Waals surface area contributed by atoms with Gasteiger partial charge in [0.05, 0.1) is 5.69 Å². The van der Waals surface area contributed by atoms with Gasteiger partial charge in [-0.3, -0.25) is 9.59 Å². The van der Waals surface area contributed by atoms with E-state index in [1.165, 1.54) is 5.56 Å². The minimum Gasteiger partial charge on any atom is -0.504 e. The van der Waals surface area contributed by atoms with Crippen LogP contribution < -0.4 is 0 Å². The summed E-state index contributed by atoms with van der Waals surface area (Å²) in [5, 5.41) is 19.0. The van der Waals surface area contributed by atoms with Crippen molar-refractivity contribution < 1.29 is 19.8 Å². The Morgan fingerprint density at radius 2 is 1.45 bits per heavy atom. The Labute approximate surface area is 194 Å². The van der Waals surface area contributed by atoms with Gasteiger partial charge >= 0.3 is 5.97 Å². The number of hydrogen-bond acceptors (Lipinski definition) is 5. The molecule has 0 aliphatic carbocycles. The zero-order valence-electron chi connectivity index (χ0n) is 19.6. The van der Waals surface area contributed by atoms with Crippen LogP contribution in [0.25, 0.3) is 11.1 Å². The summed E-state index contributed by atoms with van der Waals surface area (Å²) in [4.78, 5) is 31.7. The fourth-order valence-corrected chi connectivity index (χ4v) is 3.58. The first-order valence-electron chi connectivity index (χ1n) is 11.1. The van der Waals surface area contributed by atoms with E-state index in [1.54, 1.807) is 6.92 Å². The standard InChI is InChI=1S/C27H30N2O4/c1-17-26(33)25(22(30)6-5-7-24(31)32)29-23(28-17)16-18-8-10-19(11-9-18)20-12-14-21(15-13-20)27(2,3)4/h8-15,33H,5-7,16H2,1-4H3,(H,31,32). The molecule has 0 saturated heterocycles. The van der Waals surface area contributed by atoms with Gasteiger partial charge in [0.25, 0.3) is 0 Å².